The number of carbonyl (C=O) groups excluding carboxylic acids is 2. The number of unbranched alkanes of at least 4 members (excludes halogenated alkanes) is 4. The maximum absolute atomic E-state index is 11.9. The third-order valence-corrected chi connectivity index (χ3v) is 4.30. The highest BCUT2D eigenvalue weighted by molar-refractivity contribution is 5.70. The predicted molar refractivity (Wildman–Crippen MR) is 98.8 cm³/mol. The maximum atomic E-state index is 11.9. The smallest absolute Gasteiger partial charge is 0.306 e. The SMILES string of the molecule is CCCC(C)CCCCCCCC(=O)OC(CC(=O)[O-])C[N+](C)(C)C. The Labute approximate surface area is 154 Å². The molecule has 0 aliphatic heterocycles. The van der Waals surface area contributed by atoms with E-state index in [9.17, 15) is 14.7 Å². The summed E-state index contributed by atoms with van der Waals surface area (Å²) < 4.78 is 5.89. The third-order valence-electron chi connectivity index (χ3n) is 4.30. The summed E-state index contributed by atoms with van der Waals surface area (Å²) in [6.45, 7) is 5.02. The molecule has 25 heavy (non-hydrogen) atoms. The fraction of sp³-hybridized carbons (Fsp3) is 0.900. The summed E-state index contributed by atoms with van der Waals surface area (Å²) >= 11 is 0. The summed E-state index contributed by atoms with van der Waals surface area (Å²) in [6, 6.07) is 0. The van der Waals surface area contributed by atoms with Gasteiger partial charge in [-0.15, -0.1) is 0 Å². The molecule has 0 aliphatic rings. The molecule has 2 unspecified atom stereocenters. The first kappa shape index (κ1) is 23.9. The van der Waals surface area contributed by atoms with Gasteiger partial charge < -0.3 is 19.1 Å². The first-order valence-corrected chi connectivity index (χ1v) is 9.83. The Morgan fingerprint density at radius 3 is 2.16 bits per heavy atom. The lowest BCUT2D eigenvalue weighted by Gasteiger charge is -2.29. The molecule has 0 bridgehead atoms. The van der Waals surface area contributed by atoms with Gasteiger partial charge in [-0.05, 0) is 12.3 Å². The Kier molecular flexibility index (Phi) is 12.6. The molecule has 5 nitrogen and oxygen atoms in total. The van der Waals surface area contributed by atoms with Crippen LogP contribution in [0.3, 0.4) is 0 Å². The number of likely N-dealkylation sites (N-methyl/N-ethyl adjacent to an activating group) is 1. The lowest BCUT2D eigenvalue weighted by atomic mass is 9.98. The van der Waals surface area contributed by atoms with Crippen molar-refractivity contribution >= 4 is 11.9 Å². The number of ether oxygens (including phenoxy) is 1. The minimum Gasteiger partial charge on any atom is -0.550 e. The van der Waals surface area contributed by atoms with Crippen molar-refractivity contribution in [2.45, 2.75) is 84.2 Å². The van der Waals surface area contributed by atoms with Crippen LogP contribution in [0.15, 0.2) is 0 Å². The first-order valence-electron chi connectivity index (χ1n) is 9.83. The van der Waals surface area contributed by atoms with E-state index in [0.717, 1.165) is 25.2 Å². The van der Waals surface area contributed by atoms with Crippen molar-refractivity contribution in [2.24, 2.45) is 5.92 Å². The number of nitrogens with zero attached hydrogens (tertiary/aromatic N) is 1. The molecule has 0 aromatic rings. The Morgan fingerprint density at radius 2 is 1.60 bits per heavy atom. The minimum absolute atomic E-state index is 0.239. The van der Waals surface area contributed by atoms with E-state index < -0.39 is 12.1 Å². The molecule has 0 aromatic heterocycles. The Hall–Kier alpha value is -1.10. The second-order valence-electron chi connectivity index (χ2n) is 8.36. The van der Waals surface area contributed by atoms with Crippen LogP contribution in [-0.2, 0) is 14.3 Å². The molecule has 0 aromatic carbocycles. The van der Waals surface area contributed by atoms with E-state index in [1.54, 1.807) is 0 Å². The number of hydrogen-bond donors (Lipinski definition) is 0. The van der Waals surface area contributed by atoms with Crippen LogP contribution in [0.2, 0.25) is 0 Å². The van der Waals surface area contributed by atoms with Gasteiger partial charge in [0.25, 0.3) is 0 Å². The highest BCUT2D eigenvalue weighted by Crippen LogP contribution is 2.16. The van der Waals surface area contributed by atoms with E-state index in [1.807, 2.05) is 21.1 Å². The van der Waals surface area contributed by atoms with Crippen molar-refractivity contribution in [3.8, 4) is 0 Å². The molecule has 0 fully saturated rings. The van der Waals surface area contributed by atoms with Crippen molar-refractivity contribution in [3.63, 3.8) is 0 Å². The number of hydrogen-bond acceptors (Lipinski definition) is 4. The first-order chi connectivity index (χ1) is 11.6. The maximum Gasteiger partial charge on any atom is 0.306 e. The van der Waals surface area contributed by atoms with Gasteiger partial charge >= 0.3 is 5.97 Å². The van der Waals surface area contributed by atoms with Crippen LogP contribution in [0.4, 0.5) is 0 Å². The quantitative estimate of drug-likeness (QED) is 0.257. The van der Waals surface area contributed by atoms with Crippen LogP contribution >= 0.6 is 0 Å². The van der Waals surface area contributed by atoms with Crippen molar-refractivity contribution in [1.82, 2.24) is 0 Å². The molecule has 5 heteroatoms. The zero-order valence-electron chi connectivity index (χ0n) is 17.0. The van der Waals surface area contributed by atoms with E-state index in [1.165, 1.54) is 32.1 Å². The van der Waals surface area contributed by atoms with Gasteiger partial charge in [0, 0.05) is 18.8 Å². The summed E-state index contributed by atoms with van der Waals surface area (Å²) in [4.78, 5) is 22.7. The average molecular weight is 358 g/mol. The largest absolute Gasteiger partial charge is 0.550 e. The van der Waals surface area contributed by atoms with Crippen molar-refractivity contribution in [1.29, 1.82) is 0 Å². The van der Waals surface area contributed by atoms with Gasteiger partial charge in [-0.25, -0.2) is 0 Å². The molecule has 0 radical (unpaired) electrons. The second-order valence-corrected chi connectivity index (χ2v) is 8.36. The number of esters is 1. The van der Waals surface area contributed by atoms with Crippen LogP contribution in [0.25, 0.3) is 0 Å². The predicted octanol–water partition coefficient (Wildman–Crippen LogP) is 2.91. The Morgan fingerprint density at radius 1 is 1.00 bits per heavy atom. The fourth-order valence-corrected chi connectivity index (χ4v) is 3.11. The monoisotopic (exact) mass is 357 g/mol. The van der Waals surface area contributed by atoms with Crippen LogP contribution < -0.4 is 5.11 Å². The molecule has 148 valence electrons. The van der Waals surface area contributed by atoms with E-state index >= 15 is 0 Å². The fourth-order valence-electron chi connectivity index (χ4n) is 3.11. The summed E-state index contributed by atoms with van der Waals surface area (Å²) in [6.07, 6.45) is 8.86. The summed E-state index contributed by atoms with van der Waals surface area (Å²) in [5.74, 6) is -0.651. The van der Waals surface area contributed by atoms with Gasteiger partial charge in [0.2, 0.25) is 0 Å². The molecule has 0 rings (SSSR count). The van der Waals surface area contributed by atoms with Crippen molar-refractivity contribution in [2.75, 3.05) is 27.7 Å². The van der Waals surface area contributed by atoms with Crippen LogP contribution in [0.5, 0.6) is 0 Å². The lowest BCUT2D eigenvalue weighted by molar-refractivity contribution is -0.873. The van der Waals surface area contributed by atoms with Crippen molar-refractivity contribution in [3.05, 3.63) is 0 Å². The topological polar surface area (TPSA) is 66.4 Å². The molecule has 2 atom stereocenters. The zero-order valence-corrected chi connectivity index (χ0v) is 17.0. The van der Waals surface area contributed by atoms with E-state index in [4.69, 9.17) is 4.74 Å². The molecule has 0 saturated carbocycles. The highest BCUT2D eigenvalue weighted by Gasteiger charge is 2.22. The molecular formula is C20H39NO4. The van der Waals surface area contributed by atoms with E-state index in [-0.39, 0.29) is 12.4 Å². The van der Waals surface area contributed by atoms with Gasteiger partial charge in [0.05, 0.1) is 21.1 Å². The summed E-state index contributed by atoms with van der Waals surface area (Å²) in [5, 5.41) is 10.8. The lowest BCUT2D eigenvalue weighted by Crippen LogP contribution is -2.45. The second kappa shape index (κ2) is 13.2. The number of carboxylic acids is 1. The molecular weight excluding hydrogens is 318 g/mol. The van der Waals surface area contributed by atoms with Gasteiger partial charge in [-0.1, -0.05) is 58.8 Å². The van der Waals surface area contributed by atoms with E-state index in [2.05, 4.69) is 13.8 Å². The standard InChI is InChI=1S/C20H39NO4/c1-6-12-17(2)13-10-8-7-9-11-14-20(24)25-18(15-19(22)23)16-21(3,4)5/h17-18H,6-16H2,1-5H3. The molecule has 0 amide bonds. The highest BCUT2D eigenvalue weighted by atomic mass is 16.5. The molecule has 0 spiro atoms. The molecule has 0 heterocycles. The summed E-state index contributed by atoms with van der Waals surface area (Å²) in [5.41, 5.74) is 0. The normalized spacial score (nSPS) is 14.1. The molecule has 0 N–H and O–H groups in total. The number of quaternary nitrogens is 1. The van der Waals surface area contributed by atoms with Gasteiger partial charge in [-0.2, -0.15) is 0 Å². The van der Waals surface area contributed by atoms with E-state index in [0.29, 0.717) is 17.4 Å². The summed E-state index contributed by atoms with van der Waals surface area (Å²) in [7, 11) is 5.83. The van der Waals surface area contributed by atoms with Crippen LogP contribution in [0, 0.1) is 5.92 Å². The van der Waals surface area contributed by atoms with Gasteiger partial charge in [0.1, 0.15) is 6.54 Å². The van der Waals surface area contributed by atoms with Gasteiger partial charge in [-0.3, -0.25) is 4.79 Å². The number of aliphatic carboxylic acids is 1. The van der Waals surface area contributed by atoms with Crippen molar-refractivity contribution < 1.29 is 23.9 Å². The molecule has 0 aliphatic carbocycles. The van der Waals surface area contributed by atoms with Crippen LogP contribution in [-0.4, -0.2) is 50.2 Å². The average Bonchev–Trinajstić information content (AvgIpc) is 2.43. The Bertz CT molecular complexity index is 376. The Balaban J connectivity index is 3.87. The zero-order chi connectivity index (χ0) is 19.3. The number of carbonyl (C=O) groups is 2. The minimum atomic E-state index is -1.18. The number of rotatable bonds is 15. The molecule has 0 saturated heterocycles. The number of carboxylic acid groups (broad SMARTS) is 1. The van der Waals surface area contributed by atoms with Gasteiger partial charge in [0.15, 0.2) is 6.10 Å². The van der Waals surface area contributed by atoms with Crippen LogP contribution in [0.1, 0.15) is 78.1 Å². The third kappa shape index (κ3) is 16.1.